The number of hydrogen-bond donors (Lipinski definition) is 2. The van der Waals surface area contributed by atoms with Crippen LogP contribution in [-0.4, -0.2) is 36.8 Å². The quantitative estimate of drug-likeness (QED) is 0.598. The van der Waals surface area contributed by atoms with Crippen molar-refractivity contribution < 1.29 is 9.26 Å². The number of benzene rings is 1. The van der Waals surface area contributed by atoms with E-state index in [-0.39, 0.29) is 0 Å². The summed E-state index contributed by atoms with van der Waals surface area (Å²) in [7, 11) is 3.42. The third kappa shape index (κ3) is 5.26. The number of aryl methyl sites for hydroxylation is 1. The van der Waals surface area contributed by atoms with Gasteiger partial charge < -0.3 is 19.9 Å². The minimum Gasteiger partial charge on any atom is -0.497 e. The van der Waals surface area contributed by atoms with Crippen LogP contribution in [0, 0.1) is 6.92 Å². The monoisotopic (exact) mass is 331 g/mol. The summed E-state index contributed by atoms with van der Waals surface area (Å²) in [5.41, 5.74) is 1.29. The Morgan fingerprint density at radius 3 is 2.62 bits per heavy atom. The van der Waals surface area contributed by atoms with Crippen LogP contribution in [-0.2, 0) is 6.54 Å². The van der Waals surface area contributed by atoms with Gasteiger partial charge in [-0.2, -0.15) is 4.98 Å². The Kier molecular flexibility index (Phi) is 6.60. The van der Waals surface area contributed by atoms with E-state index in [1.54, 1.807) is 21.1 Å². The predicted molar refractivity (Wildman–Crippen MR) is 93.3 cm³/mol. The third-order valence-corrected chi connectivity index (χ3v) is 3.76. The van der Waals surface area contributed by atoms with E-state index in [0.29, 0.717) is 24.2 Å². The topological polar surface area (TPSA) is 84.6 Å². The number of aliphatic imine (C=N–C) groups is 1. The fraction of sp³-hybridized carbons (Fsp3) is 0.471. The van der Waals surface area contributed by atoms with Crippen molar-refractivity contribution in [2.24, 2.45) is 4.99 Å². The van der Waals surface area contributed by atoms with Gasteiger partial charge in [0.1, 0.15) is 5.75 Å². The van der Waals surface area contributed by atoms with E-state index in [4.69, 9.17) is 9.26 Å². The second-order valence-electron chi connectivity index (χ2n) is 5.55. The summed E-state index contributed by atoms with van der Waals surface area (Å²) in [5, 5.41) is 10.3. The Labute approximate surface area is 142 Å². The van der Waals surface area contributed by atoms with Crippen molar-refractivity contribution in [3.63, 3.8) is 0 Å². The third-order valence-electron chi connectivity index (χ3n) is 3.76. The molecular formula is C17H25N5O2. The lowest BCUT2D eigenvalue weighted by atomic mass is 9.98. The molecule has 130 valence electrons. The molecule has 7 nitrogen and oxygen atoms in total. The van der Waals surface area contributed by atoms with Crippen LogP contribution in [0.2, 0.25) is 0 Å². The van der Waals surface area contributed by atoms with E-state index in [1.807, 2.05) is 12.1 Å². The molecule has 0 saturated carbocycles. The molecule has 24 heavy (non-hydrogen) atoms. The van der Waals surface area contributed by atoms with Gasteiger partial charge in [-0.1, -0.05) is 24.2 Å². The molecule has 1 heterocycles. The highest BCUT2D eigenvalue weighted by Crippen LogP contribution is 2.21. The first-order chi connectivity index (χ1) is 11.6. The molecule has 0 aliphatic rings. The van der Waals surface area contributed by atoms with Gasteiger partial charge in [0, 0.05) is 20.5 Å². The van der Waals surface area contributed by atoms with Crippen LogP contribution in [0.1, 0.15) is 36.5 Å². The maximum absolute atomic E-state index is 5.19. The molecule has 7 heteroatoms. The summed E-state index contributed by atoms with van der Waals surface area (Å²) in [6, 6.07) is 8.20. The van der Waals surface area contributed by atoms with Gasteiger partial charge in [0.05, 0.1) is 13.7 Å². The number of rotatable bonds is 7. The minimum atomic E-state index is 0.446. The Bertz CT molecular complexity index is 651. The molecule has 2 rings (SSSR count). The van der Waals surface area contributed by atoms with Gasteiger partial charge in [-0.15, -0.1) is 0 Å². The second kappa shape index (κ2) is 8.90. The van der Waals surface area contributed by atoms with E-state index in [1.165, 1.54) is 5.56 Å². The zero-order valence-electron chi connectivity index (χ0n) is 14.7. The highest BCUT2D eigenvalue weighted by molar-refractivity contribution is 5.79. The summed E-state index contributed by atoms with van der Waals surface area (Å²) in [6.45, 7) is 5.27. The summed E-state index contributed by atoms with van der Waals surface area (Å²) in [4.78, 5) is 8.34. The molecule has 0 aliphatic heterocycles. The van der Waals surface area contributed by atoms with Gasteiger partial charge in [0.25, 0.3) is 0 Å². The van der Waals surface area contributed by atoms with Gasteiger partial charge in [0.2, 0.25) is 5.89 Å². The van der Waals surface area contributed by atoms with E-state index >= 15 is 0 Å². The largest absolute Gasteiger partial charge is 0.497 e. The van der Waals surface area contributed by atoms with Gasteiger partial charge in [-0.25, -0.2) is 0 Å². The molecule has 0 bridgehead atoms. The maximum atomic E-state index is 5.19. The van der Waals surface area contributed by atoms with Crippen molar-refractivity contribution in [1.82, 2.24) is 20.8 Å². The first-order valence-electron chi connectivity index (χ1n) is 8.00. The number of nitrogens with zero attached hydrogens (tertiary/aromatic N) is 3. The average molecular weight is 331 g/mol. The first kappa shape index (κ1) is 17.8. The SMILES string of the molecule is CN=C(NCCC(C)c1ccc(OC)cc1)NCc1noc(C)n1. The lowest BCUT2D eigenvalue weighted by molar-refractivity contribution is 0.387. The molecular weight excluding hydrogens is 306 g/mol. The molecule has 0 radical (unpaired) electrons. The van der Waals surface area contributed by atoms with Gasteiger partial charge >= 0.3 is 0 Å². The van der Waals surface area contributed by atoms with Crippen LogP contribution in [0.5, 0.6) is 5.75 Å². The summed E-state index contributed by atoms with van der Waals surface area (Å²) < 4.78 is 10.1. The molecule has 1 aromatic carbocycles. The van der Waals surface area contributed by atoms with Crippen LogP contribution in [0.3, 0.4) is 0 Å². The smallest absolute Gasteiger partial charge is 0.223 e. The fourth-order valence-corrected chi connectivity index (χ4v) is 2.30. The molecule has 1 atom stereocenters. The number of ether oxygens (including phenoxy) is 1. The summed E-state index contributed by atoms with van der Waals surface area (Å²) in [6.07, 6.45) is 0.994. The van der Waals surface area contributed by atoms with Gasteiger partial charge in [-0.05, 0) is 30.0 Å². The lowest BCUT2D eigenvalue weighted by Gasteiger charge is -2.15. The van der Waals surface area contributed by atoms with Crippen molar-refractivity contribution in [3.8, 4) is 5.75 Å². The summed E-state index contributed by atoms with van der Waals surface area (Å²) >= 11 is 0. The highest BCUT2D eigenvalue weighted by atomic mass is 16.5. The summed E-state index contributed by atoms with van der Waals surface area (Å²) in [5.74, 6) is 3.22. The Balaban J connectivity index is 1.74. The Morgan fingerprint density at radius 1 is 1.29 bits per heavy atom. The van der Waals surface area contributed by atoms with E-state index in [2.05, 4.69) is 44.8 Å². The molecule has 1 aromatic heterocycles. The normalized spacial score (nSPS) is 12.8. The molecule has 0 amide bonds. The number of nitrogens with one attached hydrogen (secondary N) is 2. The number of hydrogen-bond acceptors (Lipinski definition) is 5. The average Bonchev–Trinajstić information content (AvgIpc) is 3.03. The fourth-order valence-electron chi connectivity index (χ4n) is 2.30. The molecule has 0 fully saturated rings. The van der Waals surface area contributed by atoms with Crippen LogP contribution >= 0.6 is 0 Å². The number of guanidine groups is 1. The van der Waals surface area contributed by atoms with E-state index in [0.717, 1.165) is 24.7 Å². The van der Waals surface area contributed by atoms with Crippen molar-refractivity contribution in [2.75, 3.05) is 20.7 Å². The van der Waals surface area contributed by atoms with E-state index < -0.39 is 0 Å². The number of methoxy groups -OCH3 is 1. The molecule has 2 N–H and O–H groups in total. The van der Waals surface area contributed by atoms with Crippen molar-refractivity contribution in [1.29, 1.82) is 0 Å². The molecule has 0 aliphatic carbocycles. The zero-order valence-corrected chi connectivity index (χ0v) is 14.7. The van der Waals surface area contributed by atoms with Crippen molar-refractivity contribution in [2.45, 2.75) is 32.7 Å². The molecule has 0 spiro atoms. The van der Waals surface area contributed by atoms with Crippen LogP contribution < -0.4 is 15.4 Å². The van der Waals surface area contributed by atoms with E-state index in [9.17, 15) is 0 Å². The lowest BCUT2D eigenvalue weighted by Crippen LogP contribution is -2.37. The van der Waals surface area contributed by atoms with Crippen LogP contribution in [0.25, 0.3) is 0 Å². The standard InChI is InChI=1S/C17H25N5O2/c1-12(14-5-7-15(23-4)8-6-14)9-10-19-17(18-3)20-11-16-21-13(2)24-22-16/h5-8,12H,9-11H2,1-4H3,(H2,18,19,20). The van der Waals surface area contributed by atoms with Gasteiger partial charge in [-0.3, -0.25) is 4.99 Å². The molecule has 0 saturated heterocycles. The van der Waals surface area contributed by atoms with Crippen LogP contribution in [0.4, 0.5) is 0 Å². The minimum absolute atomic E-state index is 0.446. The van der Waals surface area contributed by atoms with Gasteiger partial charge in [0.15, 0.2) is 11.8 Å². The highest BCUT2D eigenvalue weighted by Gasteiger charge is 2.07. The Morgan fingerprint density at radius 2 is 2.04 bits per heavy atom. The van der Waals surface area contributed by atoms with Crippen molar-refractivity contribution in [3.05, 3.63) is 41.5 Å². The van der Waals surface area contributed by atoms with Crippen molar-refractivity contribution >= 4 is 5.96 Å². The second-order valence-corrected chi connectivity index (χ2v) is 5.55. The molecule has 1 unspecified atom stereocenters. The first-order valence-corrected chi connectivity index (χ1v) is 8.00. The predicted octanol–water partition coefficient (Wildman–Crippen LogP) is 2.25. The molecule has 2 aromatic rings. The van der Waals surface area contributed by atoms with Crippen LogP contribution in [0.15, 0.2) is 33.8 Å². The number of aromatic nitrogens is 2. The maximum Gasteiger partial charge on any atom is 0.223 e. The zero-order chi connectivity index (χ0) is 17.4. The Hall–Kier alpha value is -2.57.